The summed E-state index contributed by atoms with van der Waals surface area (Å²) in [6, 6.07) is 0. The lowest BCUT2D eigenvalue weighted by Crippen LogP contribution is -2.38. The molecule has 0 aromatic heterocycles. The lowest BCUT2D eigenvalue weighted by Gasteiger charge is -2.24. The molecule has 0 aromatic rings. The molecule has 0 bridgehead atoms. The van der Waals surface area contributed by atoms with E-state index in [0.29, 0.717) is 39.0 Å². The number of aliphatic hydroxyl groups excluding tert-OH is 1. The van der Waals surface area contributed by atoms with Gasteiger partial charge in [0, 0.05) is 19.6 Å². The molecule has 0 amide bonds. The van der Waals surface area contributed by atoms with E-state index in [-0.39, 0.29) is 0 Å². The van der Waals surface area contributed by atoms with Gasteiger partial charge in [0.15, 0.2) is 0 Å². The van der Waals surface area contributed by atoms with E-state index in [9.17, 15) is 18.3 Å². The van der Waals surface area contributed by atoms with E-state index >= 15 is 0 Å². The van der Waals surface area contributed by atoms with Gasteiger partial charge in [0.25, 0.3) is 0 Å². The predicted octanol–water partition coefficient (Wildman–Crippen LogP) is 1.88. The van der Waals surface area contributed by atoms with Crippen LogP contribution < -0.4 is 0 Å². The van der Waals surface area contributed by atoms with E-state index in [1.165, 1.54) is 4.90 Å². The molecular weight excluding hydrogens is 257 g/mol. The normalized spacial score (nSPS) is 21.1. The Hall–Kier alpha value is -0.590. The van der Waals surface area contributed by atoms with Crippen molar-refractivity contribution in [3.8, 4) is 0 Å². The molecule has 1 heterocycles. The fourth-order valence-corrected chi connectivity index (χ4v) is 2.32. The number of hydrogen-bond donors (Lipinski definition) is 1. The molecule has 1 saturated heterocycles. The molecule has 1 atom stereocenters. The number of aliphatic hydroxyl groups is 1. The minimum atomic E-state index is -4.13. The van der Waals surface area contributed by atoms with Crippen LogP contribution in [0.4, 0.5) is 13.2 Å². The van der Waals surface area contributed by atoms with Crippen molar-refractivity contribution in [3.63, 3.8) is 0 Å². The van der Waals surface area contributed by atoms with E-state index in [1.54, 1.807) is 6.08 Å². The van der Waals surface area contributed by atoms with Crippen molar-refractivity contribution in [2.45, 2.75) is 31.5 Å². The Bertz CT molecular complexity index is 271. The van der Waals surface area contributed by atoms with Gasteiger partial charge in [-0.3, -0.25) is 9.80 Å². The molecule has 0 aliphatic carbocycles. The van der Waals surface area contributed by atoms with Crippen LogP contribution in [0, 0.1) is 0 Å². The smallest absolute Gasteiger partial charge is 0.392 e. The van der Waals surface area contributed by atoms with Crippen molar-refractivity contribution in [1.29, 1.82) is 0 Å². The van der Waals surface area contributed by atoms with E-state index < -0.39 is 18.8 Å². The van der Waals surface area contributed by atoms with E-state index in [0.717, 1.165) is 13.0 Å². The fraction of sp³-hybridized carbons (Fsp3) is 0.846. The molecule has 1 unspecified atom stereocenters. The summed E-state index contributed by atoms with van der Waals surface area (Å²) in [4.78, 5) is 3.49. The van der Waals surface area contributed by atoms with Gasteiger partial charge >= 0.3 is 6.18 Å². The average molecular weight is 280 g/mol. The second-order valence-corrected chi connectivity index (χ2v) is 5.07. The van der Waals surface area contributed by atoms with E-state index in [1.807, 2.05) is 4.90 Å². The second kappa shape index (κ2) is 7.87. The Balaban J connectivity index is 2.31. The number of halogens is 3. The summed E-state index contributed by atoms with van der Waals surface area (Å²) in [5.74, 6) is 0. The highest BCUT2D eigenvalue weighted by Gasteiger charge is 2.31. The SMILES string of the molecule is C=CCCC(O)CN1CCCN(CC(F)(F)F)CC1. The molecule has 19 heavy (non-hydrogen) atoms. The number of rotatable bonds is 6. The minimum absolute atomic E-state index is 0.410. The first-order chi connectivity index (χ1) is 8.90. The molecule has 1 aliphatic rings. The molecule has 1 N–H and O–H groups in total. The molecule has 1 aliphatic heterocycles. The zero-order chi connectivity index (χ0) is 14.3. The summed E-state index contributed by atoms with van der Waals surface area (Å²) in [5.41, 5.74) is 0. The minimum Gasteiger partial charge on any atom is -0.392 e. The van der Waals surface area contributed by atoms with Gasteiger partial charge < -0.3 is 5.11 Å². The molecule has 3 nitrogen and oxygen atoms in total. The maximum Gasteiger partial charge on any atom is 0.401 e. The van der Waals surface area contributed by atoms with Crippen molar-refractivity contribution in [1.82, 2.24) is 9.80 Å². The highest BCUT2D eigenvalue weighted by molar-refractivity contribution is 4.75. The van der Waals surface area contributed by atoms with Crippen LogP contribution in [-0.4, -0.2) is 66.5 Å². The first kappa shape index (κ1) is 16.5. The second-order valence-electron chi connectivity index (χ2n) is 5.07. The van der Waals surface area contributed by atoms with E-state index in [4.69, 9.17) is 0 Å². The van der Waals surface area contributed by atoms with Crippen molar-refractivity contribution in [2.24, 2.45) is 0 Å². The number of hydrogen-bond acceptors (Lipinski definition) is 3. The average Bonchev–Trinajstić information content (AvgIpc) is 2.50. The van der Waals surface area contributed by atoms with E-state index in [2.05, 4.69) is 6.58 Å². The summed E-state index contributed by atoms with van der Waals surface area (Å²) < 4.78 is 36.9. The molecule has 112 valence electrons. The largest absolute Gasteiger partial charge is 0.401 e. The molecule has 0 spiro atoms. The molecule has 0 saturated carbocycles. The zero-order valence-electron chi connectivity index (χ0n) is 11.2. The lowest BCUT2D eigenvalue weighted by molar-refractivity contribution is -0.145. The number of nitrogens with zero attached hydrogens (tertiary/aromatic N) is 2. The van der Waals surface area contributed by atoms with Crippen LogP contribution in [0.5, 0.6) is 0 Å². The Morgan fingerprint density at radius 3 is 2.42 bits per heavy atom. The third-order valence-electron chi connectivity index (χ3n) is 3.26. The summed E-state index contributed by atoms with van der Waals surface area (Å²) in [6.45, 7) is 5.52. The Labute approximate surface area is 112 Å². The van der Waals surface area contributed by atoms with Crippen LogP contribution in [-0.2, 0) is 0 Å². The molecular formula is C13H23F3N2O. The van der Waals surface area contributed by atoms with Crippen molar-refractivity contribution < 1.29 is 18.3 Å². The van der Waals surface area contributed by atoms with Gasteiger partial charge in [-0.15, -0.1) is 6.58 Å². The molecule has 1 fully saturated rings. The summed E-state index contributed by atoms with van der Waals surface area (Å²) in [5, 5.41) is 9.79. The monoisotopic (exact) mass is 280 g/mol. The van der Waals surface area contributed by atoms with Gasteiger partial charge in [-0.2, -0.15) is 13.2 Å². The van der Waals surface area contributed by atoms with Gasteiger partial charge in [0.05, 0.1) is 12.6 Å². The van der Waals surface area contributed by atoms with Crippen LogP contribution >= 0.6 is 0 Å². The van der Waals surface area contributed by atoms with Crippen molar-refractivity contribution in [3.05, 3.63) is 12.7 Å². The fourth-order valence-electron chi connectivity index (χ4n) is 2.32. The Kier molecular flexibility index (Phi) is 6.82. The standard InChI is InChI=1S/C13H23F3N2O/c1-2-3-5-12(19)10-17-6-4-7-18(9-8-17)11-13(14,15)16/h2,12,19H,1,3-11H2. The van der Waals surface area contributed by atoms with Crippen LogP contribution in [0.1, 0.15) is 19.3 Å². The van der Waals surface area contributed by atoms with Gasteiger partial charge in [0.2, 0.25) is 0 Å². The summed E-state index contributed by atoms with van der Waals surface area (Å²) >= 11 is 0. The first-order valence-electron chi connectivity index (χ1n) is 6.71. The molecule has 0 radical (unpaired) electrons. The maximum absolute atomic E-state index is 12.3. The highest BCUT2D eigenvalue weighted by atomic mass is 19.4. The van der Waals surface area contributed by atoms with Crippen LogP contribution in [0.2, 0.25) is 0 Å². The summed E-state index contributed by atoms with van der Waals surface area (Å²) in [7, 11) is 0. The third-order valence-corrected chi connectivity index (χ3v) is 3.26. The Morgan fingerprint density at radius 1 is 1.16 bits per heavy atom. The third kappa shape index (κ3) is 7.54. The molecule has 6 heteroatoms. The van der Waals surface area contributed by atoms with Crippen LogP contribution in [0.3, 0.4) is 0 Å². The predicted molar refractivity (Wildman–Crippen MR) is 69.0 cm³/mol. The van der Waals surface area contributed by atoms with Gasteiger partial charge in [-0.1, -0.05) is 6.08 Å². The Morgan fingerprint density at radius 2 is 1.79 bits per heavy atom. The quantitative estimate of drug-likeness (QED) is 0.753. The van der Waals surface area contributed by atoms with Gasteiger partial charge in [-0.05, 0) is 32.4 Å². The molecule has 0 aromatic carbocycles. The number of alkyl halides is 3. The lowest BCUT2D eigenvalue weighted by atomic mass is 10.2. The van der Waals surface area contributed by atoms with Crippen molar-refractivity contribution >= 4 is 0 Å². The molecule has 1 rings (SSSR count). The zero-order valence-corrected chi connectivity index (χ0v) is 11.2. The maximum atomic E-state index is 12.3. The van der Waals surface area contributed by atoms with Crippen molar-refractivity contribution in [2.75, 3.05) is 39.3 Å². The van der Waals surface area contributed by atoms with Gasteiger partial charge in [-0.25, -0.2) is 0 Å². The van der Waals surface area contributed by atoms with Crippen LogP contribution in [0.15, 0.2) is 12.7 Å². The highest BCUT2D eigenvalue weighted by Crippen LogP contribution is 2.17. The van der Waals surface area contributed by atoms with Crippen LogP contribution in [0.25, 0.3) is 0 Å². The number of allylic oxidation sites excluding steroid dienone is 1. The van der Waals surface area contributed by atoms with Gasteiger partial charge in [0.1, 0.15) is 0 Å². The summed E-state index contributed by atoms with van der Waals surface area (Å²) in [6.07, 6.45) is -0.659. The number of β-amino-alcohol motifs (C(OH)–C–C–N with tert-alkyl or cyclic N) is 1. The topological polar surface area (TPSA) is 26.7 Å². The first-order valence-corrected chi connectivity index (χ1v) is 6.71.